The smallest absolute Gasteiger partial charge is 0.133 e. The maximum Gasteiger partial charge on any atom is 0.133 e. The molecular formula is C19H21F2NO. The molecule has 0 heterocycles. The Hall–Kier alpha value is -2.04. The Morgan fingerprint density at radius 1 is 1.13 bits per heavy atom. The second kappa shape index (κ2) is 8.56. The van der Waals surface area contributed by atoms with E-state index in [0.29, 0.717) is 37.3 Å². The molecule has 0 aliphatic carbocycles. The van der Waals surface area contributed by atoms with Gasteiger partial charge >= 0.3 is 0 Å². The van der Waals surface area contributed by atoms with Crippen LogP contribution in [0.1, 0.15) is 17.5 Å². The Bertz CT molecular complexity index is 643. The highest BCUT2D eigenvalue weighted by Gasteiger charge is 2.13. The van der Waals surface area contributed by atoms with Gasteiger partial charge in [0.1, 0.15) is 11.6 Å². The second-order valence-electron chi connectivity index (χ2n) is 5.53. The van der Waals surface area contributed by atoms with Crippen molar-refractivity contribution in [2.24, 2.45) is 11.7 Å². The number of hydrogen-bond acceptors (Lipinski definition) is 2. The second-order valence-corrected chi connectivity index (χ2v) is 5.53. The molecule has 2 nitrogen and oxygen atoms in total. The monoisotopic (exact) mass is 317 g/mol. The molecule has 0 amide bonds. The van der Waals surface area contributed by atoms with Gasteiger partial charge in [0, 0.05) is 11.6 Å². The summed E-state index contributed by atoms with van der Waals surface area (Å²) in [6.07, 6.45) is 0.508. The van der Waals surface area contributed by atoms with E-state index in [2.05, 4.69) is 6.58 Å². The van der Waals surface area contributed by atoms with Crippen molar-refractivity contribution in [2.75, 3.05) is 13.2 Å². The summed E-state index contributed by atoms with van der Waals surface area (Å²) >= 11 is 0. The zero-order chi connectivity index (χ0) is 16.7. The number of hydrogen-bond donors (Lipinski definition) is 1. The van der Waals surface area contributed by atoms with Crippen molar-refractivity contribution in [2.45, 2.75) is 13.0 Å². The highest BCUT2D eigenvalue weighted by atomic mass is 19.1. The van der Waals surface area contributed by atoms with Crippen LogP contribution in [0.2, 0.25) is 0 Å². The molecule has 23 heavy (non-hydrogen) atoms. The van der Waals surface area contributed by atoms with E-state index in [1.807, 2.05) is 30.3 Å². The molecule has 0 bridgehead atoms. The molecule has 0 aliphatic heterocycles. The van der Waals surface area contributed by atoms with Gasteiger partial charge in [-0.2, -0.15) is 0 Å². The Kier molecular flexibility index (Phi) is 6.44. The molecule has 0 aromatic heterocycles. The normalized spacial score (nSPS) is 12.1. The van der Waals surface area contributed by atoms with Gasteiger partial charge in [-0.15, -0.1) is 0 Å². The van der Waals surface area contributed by atoms with Gasteiger partial charge in [-0.05, 0) is 42.2 Å². The van der Waals surface area contributed by atoms with Crippen LogP contribution in [0.5, 0.6) is 0 Å². The minimum atomic E-state index is -0.601. The fraction of sp³-hybridized carbons (Fsp3) is 0.263. The van der Waals surface area contributed by atoms with E-state index in [4.69, 9.17) is 10.5 Å². The molecule has 4 heteroatoms. The van der Waals surface area contributed by atoms with Gasteiger partial charge in [-0.1, -0.05) is 36.9 Å². The van der Waals surface area contributed by atoms with Crippen molar-refractivity contribution in [3.63, 3.8) is 0 Å². The van der Waals surface area contributed by atoms with E-state index in [1.165, 1.54) is 12.1 Å². The molecule has 0 saturated heterocycles. The summed E-state index contributed by atoms with van der Waals surface area (Å²) in [4.78, 5) is 0. The zero-order valence-corrected chi connectivity index (χ0v) is 13.0. The molecule has 2 rings (SSSR count). The summed E-state index contributed by atoms with van der Waals surface area (Å²) in [5.74, 6) is -1.16. The largest absolute Gasteiger partial charge is 0.376 e. The number of benzene rings is 2. The van der Waals surface area contributed by atoms with Gasteiger partial charge < -0.3 is 10.5 Å². The first-order valence-electron chi connectivity index (χ1n) is 7.55. The first kappa shape index (κ1) is 17.3. The highest BCUT2D eigenvalue weighted by molar-refractivity contribution is 5.64. The molecular weight excluding hydrogens is 296 g/mol. The van der Waals surface area contributed by atoms with Crippen LogP contribution in [0, 0.1) is 17.6 Å². The van der Waals surface area contributed by atoms with Gasteiger partial charge in [0.05, 0.1) is 13.2 Å². The molecule has 0 aliphatic rings. The lowest BCUT2D eigenvalue weighted by Crippen LogP contribution is -2.20. The van der Waals surface area contributed by atoms with Gasteiger partial charge in [0.25, 0.3) is 0 Å². The minimum absolute atomic E-state index is 0.0377. The molecule has 0 radical (unpaired) electrons. The van der Waals surface area contributed by atoms with Gasteiger partial charge in [-0.3, -0.25) is 0 Å². The third kappa shape index (κ3) is 5.27. The Morgan fingerprint density at radius 2 is 1.87 bits per heavy atom. The maximum atomic E-state index is 13.8. The summed E-state index contributed by atoms with van der Waals surface area (Å²) < 4.78 is 32.4. The van der Waals surface area contributed by atoms with Crippen LogP contribution in [0.25, 0.3) is 5.57 Å². The standard InChI is InChI=1S/C19H21F2NO/c1-14(18-8-7-17(20)10-19(18)21)9-16(11-22)13-23-12-15-5-3-2-4-6-15/h2-8,10,16H,1,9,11-13,22H2. The zero-order valence-electron chi connectivity index (χ0n) is 13.0. The van der Waals surface area contributed by atoms with Crippen LogP contribution in [0.4, 0.5) is 8.78 Å². The summed E-state index contributed by atoms with van der Waals surface area (Å²) in [5.41, 5.74) is 7.78. The Labute approximate surface area is 135 Å². The van der Waals surface area contributed by atoms with Crippen LogP contribution in [-0.2, 0) is 11.3 Å². The minimum Gasteiger partial charge on any atom is -0.376 e. The highest BCUT2D eigenvalue weighted by Crippen LogP contribution is 2.24. The van der Waals surface area contributed by atoms with Gasteiger partial charge in [-0.25, -0.2) is 8.78 Å². The fourth-order valence-corrected chi connectivity index (χ4v) is 2.36. The van der Waals surface area contributed by atoms with E-state index >= 15 is 0 Å². The lowest BCUT2D eigenvalue weighted by Gasteiger charge is -2.17. The van der Waals surface area contributed by atoms with Crippen molar-refractivity contribution in [3.05, 3.63) is 77.9 Å². The third-order valence-electron chi connectivity index (χ3n) is 3.65. The van der Waals surface area contributed by atoms with Crippen molar-refractivity contribution in [3.8, 4) is 0 Å². The lowest BCUT2D eigenvalue weighted by molar-refractivity contribution is 0.0906. The van der Waals surface area contributed by atoms with Crippen LogP contribution in [0.3, 0.4) is 0 Å². The SMILES string of the molecule is C=C(CC(CN)COCc1ccccc1)c1ccc(F)cc1F. The summed E-state index contributed by atoms with van der Waals surface area (Å²) in [7, 11) is 0. The Morgan fingerprint density at radius 3 is 2.52 bits per heavy atom. The average Bonchev–Trinajstić information content (AvgIpc) is 2.54. The Balaban J connectivity index is 1.87. The molecule has 1 atom stereocenters. The van der Waals surface area contributed by atoms with Gasteiger partial charge in [0.2, 0.25) is 0 Å². The summed E-state index contributed by atoms with van der Waals surface area (Å²) in [5, 5.41) is 0. The predicted molar refractivity (Wildman–Crippen MR) is 88.7 cm³/mol. The number of ether oxygens (including phenoxy) is 1. The van der Waals surface area contributed by atoms with E-state index in [0.717, 1.165) is 11.6 Å². The molecule has 0 spiro atoms. The number of allylic oxidation sites excluding steroid dienone is 1. The van der Waals surface area contributed by atoms with Gasteiger partial charge in [0.15, 0.2) is 0 Å². The topological polar surface area (TPSA) is 35.2 Å². The molecule has 2 N–H and O–H groups in total. The van der Waals surface area contributed by atoms with Crippen molar-refractivity contribution < 1.29 is 13.5 Å². The van der Waals surface area contributed by atoms with Crippen molar-refractivity contribution in [1.82, 2.24) is 0 Å². The van der Waals surface area contributed by atoms with Crippen LogP contribution in [-0.4, -0.2) is 13.2 Å². The lowest BCUT2D eigenvalue weighted by atomic mass is 9.95. The number of nitrogens with two attached hydrogens (primary N) is 1. The van der Waals surface area contributed by atoms with E-state index < -0.39 is 11.6 Å². The molecule has 2 aromatic carbocycles. The molecule has 0 fully saturated rings. The third-order valence-corrected chi connectivity index (χ3v) is 3.65. The van der Waals surface area contributed by atoms with Crippen molar-refractivity contribution >= 4 is 5.57 Å². The van der Waals surface area contributed by atoms with E-state index in [-0.39, 0.29) is 5.92 Å². The first-order chi connectivity index (χ1) is 11.1. The predicted octanol–water partition coefficient (Wildman–Crippen LogP) is 4.16. The molecule has 2 aromatic rings. The summed E-state index contributed by atoms with van der Waals surface area (Å²) in [6, 6.07) is 13.3. The number of halogens is 2. The van der Waals surface area contributed by atoms with E-state index in [9.17, 15) is 8.78 Å². The molecule has 122 valence electrons. The molecule has 0 saturated carbocycles. The fourth-order valence-electron chi connectivity index (χ4n) is 2.36. The van der Waals surface area contributed by atoms with E-state index in [1.54, 1.807) is 0 Å². The number of rotatable bonds is 8. The molecule has 1 unspecified atom stereocenters. The quantitative estimate of drug-likeness (QED) is 0.793. The first-order valence-corrected chi connectivity index (χ1v) is 7.55. The summed E-state index contributed by atoms with van der Waals surface area (Å²) in [6.45, 7) is 5.28. The van der Waals surface area contributed by atoms with Crippen LogP contribution < -0.4 is 5.73 Å². The van der Waals surface area contributed by atoms with Crippen LogP contribution in [0.15, 0.2) is 55.1 Å². The average molecular weight is 317 g/mol. The van der Waals surface area contributed by atoms with Crippen molar-refractivity contribution in [1.29, 1.82) is 0 Å². The maximum absolute atomic E-state index is 13.8. The van der Waals surface area contributed by atoms with Crippen LogP contribution >= 0.6 is 0 Å².